The summed E-state index contributed by atoms with van der Waals surface area (Å²) in [4.78, 5) is 0. The van der Waals surface area contributed by atoms with Crippen LogP contribution in [-0.4, -0.2) is 23.4 Å². The van der Waals surface area contributed by atoms with Crippen LogP contribution in [0, 0.1) is 13.8 Å². The van der Waals surface area contributed by atoms with Crippen molar-refractivity contribution in [2.75, 3.05) is 19.0 Å². The Labute approximate surface area is 161 Å². The lowest BCUT2D eigenvalue weighted by Crippen LogP contribution is -2.08. The smallest absolute Gasteiger partial charge is 0.133 e. The number of para-hydroxylation sites is 1. The first-order chi connectivity index (χ1) is 13.2. The van der Waals surface area contributed by atoms with Crippen molar-refractivity contribution in [1.29, 1.82) is 0 Å². The zero-order valence-corrected chi connectivity index (χ0v) is 16.4. The van der Waals surface area contributed by atoms with Gasteiger partial charge in [-0.25, -0.2) is 4.68 Å². The summed E-state index contributed by atoms with van der Waals surface area (Å²) in [6.45, 7) is 5.33. The van der Waals surface area contributed by atoms with Gasteiger partial charge < -0.3 is 10.1 Å². The molecule has 4 nitrogen and oxygen atoms in total. The summed E-state index contributed by atoms with van der Waals surface area (Å²) in [5.74, 6) is 2.08. The Morgan fingerprint density at radius 1 is 1.07 bits per heavy atom. The lowest BCUT2D eigenvalue weighted by atomic mass is 10.0. The van der Waals surface area contributed by atoms with Crippen LogP contribution >= 0.6 is 0 Å². The Morgan fingerprint density at radius 3 is 2.78 bits per heavy atom. The lowest BCUT2D eigenvalue weighted by molar-refractivity contribution is 0.410. The topological polar surface area (TPSA) is 39.1 Å². The van der Waals surface area contributed by atoms with Crippen molar-refractivity contribution >= 4 is 5.82 Å². The number of nitrogens with zero attached hydrogens (tertiary/aromatic N) is 2. The van der Waals surface area contributed by atoms with Gasteiger partial charge in [0, 0.05) is 24.1 Å². The van der Waals surface area contributed by atoms with Crippen molar-refractivity contribution < 1.29 is 4.74 Å². The number of aryl methyl sites for hydroxylation is 1. The fraction of sp³-hybridized carbons (Fsp3) is 0.348. The van der Waals surface area contributed by atoms with Gasteiger partial charge in [0.15, 0.2) is 0 Å². The largest absolute Gasteiger partial charge is 0.496 e. The molecule has 0 bridgehead atoms. The minimum Gasteiger partial charge on any atom is -0.496 e. The van der Waals surface area contributed by atoms with Crippen molar-refractivity contribution in [3.8, 4) is 11.4 Å². The summed E-state index contributed by atoms with van der Waals surface area (Å²) in [7, 11) is 1.73. The van der Waals surface area contributed by atoms with E-state index in [4.69, 9.17) is 9.84 Å². The quantitative estimate of drug-likeness (QED) is 0.723. The summed E-state index contributed by atoms with van der Waals surface area (Å²) in [6, 6.07) is 14.7. The number of hydrogen-bond acceptors (Lipinski definition) is 3. The van der Waals surface area contributed by atoms with Crippen molar-refractivity contribution in [3.63, 3.8) is 0 Å². The van der Waals surface area contributed by atoms with Crippen LogP contribution in [0.15, 0.2) is 42.5 Å². The molecule has 4 rings (SSSR count). The lowest BCUT2D eigenvalue weighted by Gasteiger charge is -2.13. The highest BCUT2D eigenvalue weighted by Crippen LogP contribution is 2.32. The van der Waals surface area contributed by atoms with Gasteiger partial charge in [0.2, 0.25) is 0 Å². The van der Waals surface area contributed by atoms with Gasteiger partial charge in [0.25, 0.3) is 0 Å². The van der Waals surface area contributed by atoms with Crippen molar-refractivity contribution in [2.24, 2.45) is 0 Å². The van der Waals surface area contributed by atoms with Crippen LogP contribution in [0.3, 0.4) is 0 Å². The third kappa shape index (κ3) is 3.32. The number of hydrogen-bond donors (Lipinski definition) is 1. The molecule has 0 saturated carbocycles. The van der Waals surface area contributed by atoms with Gasteiger partial charge >= 0.3 is 0 Å². The number of benzene rings is 2. The van der Waals surface area contributed by atoms with E-state index in [1.165, 1.54) is 35.1 Å². The molecule has 0 atom stereocenters. The second kappa shape index (κ2) is 7.47. The Kier molecular flexibility index (Phi) is 4.88. The Balaban J connectivity index is 1.83. The van der Waals surface area contributed by atoms with E-state index in [2.05, 4.69) is 54.2 Å². The monoisotopic (exact) mass is 361 g/mol. The van der Waals surface area contributed by atoms with Crippen LogP contribution in [0.25, 0.3) is 5.69 Å². The molecule has 0 unspecified atom stereocenters. The predicted molar refractivity (Wildman–Crippen MR) is 110 cm³/mol. The first-order valence-corrected chi connectivity index (χ1v) is 9.72. The maximum absolute atomic E-state index is 5.56. The Morgan fingerprint density at radius 2 is 1.93 bits per heavy atom. The molecule has 0 fully saturated rings. The molecule has 2 aromatic carbocycles. The van der Waals surface area contributed by atoms with E-state index in [0.29, 0.717) is 0 Å². The number of aromatic nitrogens is 2. The highest BCUT2D eigenvalue weighted by molar-refractivity contribution is 5.58. The second-order valence-corrected chi connectivity index (χ2v) is 7.28. The normalized spacial score (nSPS) is 13.6. The van der Waals surface area contributed by atoms with Crippen molar-refractivity contribution in [3.05, 3.63) is 70.4 Å². The van der Waals surface area contributed by atoms with E-state index < -0.39 is 0 Å². The molecule has 3 aromatic rings. The molecular formula is C23H27N3O. The maximum Gasteiger partial charge on any atom is 0.133 e. The van der Waals surface area contributed by atoms with Crippen LogP contribution in [0.2, 0.25) is 0 Å². The van der Waals surface area contributed by atoms with E-state index in [9.17, 15) is 0 Å². The first kappa shape index (κ1) is 17.7. The molecule has 0 spiro atoms. The molecule has 1 aliphatic rings. The van der Waals surface area contributed by atoms with Gasteiger partial charge in [0.05, 0.1) is 18.5 Å². The van der Waals surface area contributed by atoms with Gasteiger partial charge in [0.1, 0.15) is 11.6 Å². The zero-order valence-electron chi connectivity index (χ0n) is 16.4. The minimum absolute atomic E-state index is 0.784. The second-order valence-electron chi connectivity index (χ2n) is 7.28. The fourth-order valence-electron chi connectivity index (χ4n) is 3.88. The van der Waals surface area contributed by atoms with E-state index in [0.717, 1.165) is 42.3 Å². The fourth-order valence-corrected chi connectivity index (χ4v) is 3.88. The van der Waals surface area contributed by atoms with Crippen LogP contribution < -0.4 is 10.1 Å². The van der Waals surface area contributed by atoms with Gasteiger partial charge in [-0.15, -0.1) is 0 Å². The SMILES string of the molecule is COc1ccccc1Cc1nn(-c2cccc(C)c2C)c2c1CCCCN2. The Hall–Kier alpha value is -2.75. The van der Waals surface area contributed by atoms with Crippen LogP contribution in [-0.2, 0) is 12.8 Å². The van der Waals surface area contributed by atoms with E-state index in [1.54, 1.807) is 7.11 Å². The van der Waals surface area contributed by atoms with Gasteiger partial charge in [-0.2, -0.15) is 5.10 Å². The van der Waals surface area contributed by atoms with Gasteiger partial charge in [-0.3, -0.25) is 0 Å². The van der Waals surface area contributed by atoms with E-state index in [1.807, 2.05) is 12.1 Å². The van der Waals surface area contributed by atoms with Crippen molar-refractivity contribution in [1.82, 2.24) is 9.78 Å². The van der Waals surface area contributed by atoms with E-state index >= 15 is 0 Å². The third-order valence-corrected chi connectivity index (χ3v) is 5.57. The molecule has 0 saturated heterocycles. The van der Waals surface area contributed by atoms with Crippen LogP contribution in [0.5, 0.6) is 5.75 Å². The molecule has 1 N–H and O–H groups in total. The summed E-state index contributed by atoms with van der Waals surface area (Å²) in [5.41, 5.74) is 7.39. The molecule has 27 heavy (non-hydrogen) atoms. The van der Waals surface area contributed by atoms with Crippen LogP contribution in [0.1, 0.15) is 40.8 Å². The minimum atomic E-state index is 0.784. The highest BCUT2D eigenvalue weighted by atomic mass is 16.5. The van der Waals surface area contributed by atoms with Gasteiger partial charge in [-0.1, -0.05) is 30.3 Å². The molecule has 0 amide bonds. The molecule has 0 radical (unpaired) electrons. The molecule has 0 aliphatic carbocycles. The number of methoxy groups -OCH3 is 1. The number of rotatable bonds is 4. The molecule has 1 aliphatic heterocycles. The number of anilines is 1. The number of ether oxygens (including phenoxy) is 1. The summed E-state index contributed by atoms with van der Waals surface area (Å²) in [6.07, 6.45) is 4.23. The molecule has 4 heteroatoms. The zero-order chi connectivity index (χ0) is 18.8. The van der Waals surface area contributed by atoms with E-state index in [-0.39, 0.29) is 0 Å². The first-order valence-electron chi connectivity index (χ1n) is 9.72. The molecule has 2 heterocycles. The average Bonchev–Trinajstić information content (AvgIpc) is 2.86. The molecule has 140 valence electrons. The third-order valence-electron chi connectivity index (χ3n) is 5.57. The van der Waals surface area contributed by atoms with Crippen molar-refractivity contribution in [2.45, 2.75) is 39.5 Å². The number of nitrogens with one attached hydrogen (secondary N) is 1. The van der Waals surface area contributed by atoms with Gasteiger partial charge in [-0.05, 0) is 56.4 Å². The average molecular weight is 361 g/mol. The maximum atomic E-state index is 5.56. The molecular weight excluding hydrogens is 334 g/mol. The summed E-state index contributed by atoms with van der Waals surface area (Å²) in [5, 5.41) is 8.72. The predicted octanol–water partition coefficient (Wildman–Crippen LogP) is 4.84. The number of fused-ring (bicyclic) bond motifs is 1. The summed E-state index contributed by atoms with van der Waals surface area (Å²) >= 11 is 0. The summed E-state index contributed by atoms with van der Waals surface area (Å²) < 4.78 is 7.68. The molecule has 1 aromatic heterocycles. The highest BCUT2D eigenvalue weighted by Gasteiger charge is 2.22. The standard InChI is InChI=1S/C23H27N3O/c1-16-9-8-12-21(17(16)2)26-23-19(11-6-7-14-24-23)20(25-26)15-18-10-4-5-13-22(18)27-3/h4-5,8-10,12-13,24H,6-7,11,14-15H2,1-3H3. The van der Waals surface area contributed by atoms with Crippen LogP contribution in [0.4, 0.5) is 5.82 Å². The Bertz CT molecular complexity index is 958.